The van der Waals surface area contributed by atoms with Crippen molar-refractivity contribution in [2.75, 3.05) is 20.2 Å². The summed E-state index contributed by atoms with van der Waals surface area (Å²) in [5.41, 5.74) is 11.5. The van der Waals surface area contributed by atoms with Crippen LogP contribution in [0.5, 0.6) is 0 Å². The Morgan fingerprint density at radius 1 is 0.651 bits per heavy atom. The Kier molecular flexibility index (Phi) is 23.2. The highest BCUT2D eigenvalue weighted by molar-refractivity contribution is 5.99. The number of likely N-dealkylation sites (tertiary alicyclic amines) is 1. The molecule has 0 aromatic heterocycles. The molecule has 0 radical (unpaired) electrons. The summed E-state index contributed by atoms with van der Waals surface area (Å²) in [5.74, 6) is -12.0. The zero-order chi connectivity index (χ0) is 48.3. The van der Waals surface area contributed by atoms with Gasteiger partial charge in [-0.05, 0) is 43.4 Å². The van der Waals surface area contributed by atoms with E-state index < -0.39 is 158 Å². The lowest BCUT2D eigenvalue weighted by Gasteiger charge is -2.32. The number of carbonyl (C=O) groups excluding carboxylic acids is 9. The second-order valence-electron chi connectivity index (χ2n) is 16.1. The molecule has 1 saturated heterocycles. The maximum absolute atomic E-state index is 13.8. The van der Waals surface area contributed by atoms with Gasteiger partial charge in [-0.2, -0.15) is 0 Å². The first-order valence-corrected chi connectivity index (χ1v) is 20.8. The summed E-state index contributed by atoms with van der Waals surface area (Å²) in [5, 5.41) is 45.0. The molecule has 1 heterocycles. The maximum atomic E-state index is 13.8. The Labute approximate surface area is 365 Å². The highest BCUT2D eigenvalue weighted by atomic mass is 16.4. The number of nitrogens with zero attached hydrogens (tertiary/aromatic N) is 1. The number of primary amides is 1. The fraction of sp³-hybridized carbons (Fsp3) is 0.718. The minimum Gasteiger partial charge on any atom is -0.481 e. The number of carboxylic acid groups (broad SMARTS) is 2. The molecule has 0 aliphatic carbocycles. The second-order valence-corrected chi connectivity index (χ2v) is 16.1. The molecule has 356 valence electrons. The van der Waals surface area contributed by atoms with Gasteiger partial charge in [0.05, 0.1) is 19.1 Å². The van der Waals surface area contributed by atoms with E-state index >= 15 is 0 Å². The third-order valence-electron chi connectivity index (χ3n) is 10.5. The van der Waals surface area contributed by atoms with Gasteiger partial charge in [-0.25, -0.2) is 0 Å². The molecule has 0 bridgehead atoms. The number of hydrogen-bond acceptors (Lipinski definition) is 13. The van der Waals surface area contributed by atoms with Crippen LogP contribution in [0.1, 0.15) is 92.9 Å². The van der Waals surface area contributed by atoms with E-state index in [0.29, 0.717) is 12.8 Å². The van der Waals surface area contributed by atoms with Crippen molar-refractivity contribution in [2.24, 2.45) is 29.2 Å². The van der Waals surface area contributed by atoms with Crippen LogP contribution in [0.25, 0.3) is 0 Å². The number of aliphatic hydroxyl groups excluding tert-OH is 1. The Morgan fingerprint density at radius 2 is 1.13 bits per heavy atom. The zero-order valence-electron chi connectivity index (χ0n) is 36.9. The SMILES string of the molecule is CC[C@H](C)[C@H](N)C(=O)N[C@H](C(=O)N1CCC[C@@H]1C(=O)N[C@@H](CC(N)=O)C(=O)N[C@@H](CO)C(=O)N[C@H](C(=O)N[C@@H](CCC(=O)O)C(=O)N[C@@H](CCC(=O)O)C(=O)NC)C(C)C)C(C)C. The molecule has 0 aromatic carbocycles. The van der Waals surface area contributed by atoms with Crippen molar-refractivity contribution >= 4 is 65.1 Å². The van der Waals surface area contributed by atoms with Crippen molar-refractivity contribution in [3.05, 3.63) is 0 Å². The maximum Gasteiger partial charge on any atom is 0.303 e. The zero-order valence-corrected chi connectivity index (χ0v) is 36.9. The molecule has 0 aromatic rings. The first-order valence-electron chi connectivity index (χ1n) is 20.8. The third kappa shape index (κ3) is 17.8. The van der Waals surface area contributed by atoms with Crippen LogP contribution >= 0.6 is 0 Å². The molecule has 0 unspecified atom stereocenters. The average Bonchev–Trinajstić information content (AvgIpc) is 3.72. The molecule has 1 aliphatic heterocycles. The van der Waals surface area contributed by atoms with E-state index in [2.05, 4.69) is 37.2 Å². The summed E-state index contributed by atoms with van der Waals surface area (Å²) in [7, 11) is 1.24. The van der Waals surface area contributed by atoms with Crippen LogP contribution < -0.4 is 48.7 Å². The van der Waals surface area contributed by atoms with Crippen molar-refractivity contribution in [1.82, 2.24) is 42.1 Å². The number of rotatable bonds is 27. The van der Waals surface area contributed by atoms with Crippen LogP contribution in [0.4, 0.5) is 0 Å². The van der Waals surface area contributed by atoms with E-state index in [1.54, 1.807) is 20.8 Å². The summed E-state index contributed by atoms with van der Waals surface area (Å²) in [6, 6.07) is -11.0. The Balaban J connectivity index is 3.22. The van der Waals surface area contributed by atoms with Crippen LogP contribution in [0.3, 0.4) is 0 Å². The van der Waals surface area contributed by atoms with Crippen LogP contribution in [0, 0.1) is 17.8 Å². The van der Waals surface area contributed by atoms with E-state index in [0.717, 1.165) is 0 Å². The Hall–Kier alpha value is -5.91. The quantitative estimate of drug-likeness (QED) is 0.0373. The molecule has 0 spiro atoms. The van der Waals surface area contributed by atoms with Gasteiger partial charge in [0.1, 0.15) is 42.3 Å². The lowest BCUT2D eigenvalue weighted by atomic mass is 9.97. The monoisotopic (exact) mass is 898 g/mol. The fourth-order valence-electron chi connectivity index (χ4n) is 6.47. The molecule has 63 heavy (non-hydrogen) atoms. The number of amides is 9. The van der Waals surface area contributed by atoms with Crippen LogP contribution in [-0.4, -0.2) is 154 Å². The van der Waals surface area contributed by atoms with Crippen molar-refractivity contribution in [3.63, 3.8) is 0 Å². The standard InChI is InChI=1S/C39H66N10O14/c1-8-20(6)29(41)37(61)48-31(19(4)5)39(63)49-15-9-10-25(49)36(60)45-23(16-26(40)51)34(58)46-24(17-50)35(59)47-30(18(2)3)38(62)44-22(12-14-28(54)55)33(57)43-21(32(56)42-7)11-13-27(52)53/h18-25,29-31,50H,8-17,41H2,1-7H3,(H2,40,51)(H,42,56)(H,43,57)(H,44,62)(H,45,60)(H,46,58)(H,47,59)(H,48,61)(H,52,53)(H,54,55)/t20-,21-,22-,23-,24-,25+,29-,30-,31-/m0/s1. The van der Waals surface area contributed by atoms with Gasteiger partial charge in [-0.1, -0.05) is 48.0 Å². The molecule has 9 amide bonds. The molecular formula is C39H66N10O14. The summed E-state index contributed by atoms with van der Waals surface area (Å²) >= 11 is 0. The minimum atomic E-state index is -1.80. The molecule has 24 nitrogen and oxygen atoms in total. The van der Waals surface area contributed by atoms with Crippen molar-refractivity contribution in [2.45, 2.75) is 141 Å². The van der Waals surface area contributed by atoms with Gasteiger partial charge in [0.2, 0.25) is 53.2 Å². The van der Waals surface area contributed by atoms with E-state index in [1.165, 1.54) is 25.8 Å². The normalized spacial score (nSPS) is 17.4. The molecule has 1 fully saturated rings. The highest BCUT2D eigenvalue weighted by Crippen LogP contribution is 2.21. The summed E-state index contributed by atoms with van der Waals surface area (Å²) < 4.78 is 0. The molecule has 14 N–H and O–H groups in total. The van der Waals surface area contributed by atoms with E-state index in [9.17, 15) is 63.0 Å². The predicted octanol–water partition coefficient (Wildman–Crippen LogP) is -4.09. The number of nitrogens with two attached hydrogens (primary N) is 2. The Bertz CT molecular complexity index is 1680. The minimum absolute atomic E-state index is 0.131. The van der Waals surface area contributed by atoms with E-state index in [4.69, 9.17) is 16.6 Å². The molecule has 9 atom stereocenters. The topological polar surface area (TPSA) is 388 Å². The summed E-state index contributed by atoms with van der Waals surface area (Å²) in [6.07, 6.45) is -1.58. The predicted molar refractivity (Wildman–Crippen MR) is 222 cm³/mol. The van der Waals surface area contributed by atoms with Gasteiger partial charge in [0.15, 0.2) is 0 Å². The van der Waals surface area contributed by atoms with E-state index in [1.807, 2.05) is 6.92 Å². The number of carboxylic acids is 2. The van der Waals surface area contributed by atoms with Gasteiger partial charge >= 0.3 is 11.9 Å². The number of aliphatic carboxylic acids is 2. The van der Waals surface area contributed by atoms with Crippen molar-refractivity contribution in [1.29, 1.82) is 0 Å². The molecule has 0 saturated carbocycles. The van der Waals surface area contributed by atoms with Crippen LogP contribution in [0.2, 0.25) is 0 Å². The number of aliphatic hydroxyl groups is 1. The van der Waals surface area contributed by atoms with Gasteiger partial charge in [0, 0.05) is 26.4 Å². The first kappa shape index (κ1) is 55.1. The van der Waals surface area contributed by atoms with Gasteiger partial charge in [-0.3, -0.25) is 52.7 Å². The highest BCUT2D eigenvalue weighted by Gasteiger charge is 2.41. The van der Waals surface area contributed by atoms with Gasteiger partial charge in [0.25, 0.3) is 0 Å². The number of hydrogen-bond donors (Lipinski definition) is 12. The largest absolute Gasteiger partial charge is 0.481 e. The molecule has 1 rings (SSSR count). The second kappa shape index (κ2) is 26.5. The Morgan fingerprint density at radius 3 is 1.60 bits per heavy atom. The van der Waals surface area contributed by atoms with Crippen molar-refractivity contribution in [3.8, 4) is 0 Å². The first-order chi connectivity index (χ1) is 29.4. The molecular weight excluding hydrogens is 832 g/mol. The van der Waals surface area contributed by atoms with E-state index in [-0.39, 0.29) is 25.3 Å². The lowest BCUT2D eigenvalue weighted by Crippen LogP contribution is -2.61. The van der Waals surface area contributed by atoms with Gasteiger partial charge < -0.3 is 68.9 Å². The smallest absolute Gasteiger partial charge is 0.303 e. The lowest BCUT2D eigenvalue weighted by molar-refractivity contribution is -0.143. The average molecular weight is 899 g/mol. The van der Waals surface area contributed by atoms with Crippen LogP contribution in [-0.2, 0) is 52.7 Å². The van der Waals surface area contributed by atoms with Gasteiger partial charge in [-0.15, -0.1) is 0 Å². The van der Waals surface area contributed by atoms with Crippen LogP contribution in [0.15, 0.2) is 0 Å². The third-order valence-corrected chi connectivity index (χ3v) is 10.5. The summed E-state index contributed by atoms with van der Waals surface area (Å²) in [4.78, 5) is 142. The number of carbonyl (C=O) groups is 11. The fourth-order valence-corrected chi connectivity index (χ4v) is 6.47. The van der Waals surface area contributed by atoms with Crippen molar-refractivity contribution < 1.29 is 68.1 Å². The molecule has 24 heteroatoms. The molecule has 1 aliphatic rings. The summed E-state index contributed by atoms with van der Waals surface area (Å²) in [6.45, 7) is 9.13. The number of nitrogens with one attached hydrogen (secondary N) is 7. The number of likely N-dealkylation sites (N-methyl/N-ethyl adjacent to an activating group) is 1.